The van der Waals surface area contributed by atoms with Gasteiger partial charge in [0.2, 0.25) is 5.91 Å². The zero-order valence-electron chi connectivity index (χ0n) is 15.7. The van der Waals surface area contributed by atoms with Crippen LogP contribution in [0.4, 0.5) is 0 Å². The molecule has 6 heteroatoms. The molecule has 0 fully saturated rings. The number of nitrogens with one attached hydrogen (secondary N) is 2. The summed E-state index contributed by atoms with van der Waals surface area (Å²) in [4.78, 5) is 33.2. The molecule has 0 unspecified atom stereocenters. The molecule has 6 nitrogen and oxygen atoms in total. The lowest BCUT2D eigenvalue weighted by atomic mass is 10.1. The van der Waals surface area contributed by atoms with Crippen LogP contribution in [0.3, 0.4) is 0 Å². The largest absolute Gasteiger partial charge is 0.355 e. The normalized spacial score (nSPS) is 10.3. The predicted octanol–water partition coefficient (Wildman–Crippen LogP) is 2.40. The molecule has 0 atom stereocenters. The molecule has 3 aromatic rings. The van der Waals surface area contributed by atoms with Crippen LogP contribution in [0.5, 0.6) is 0 Å². The fraction of sp³-hybridized carbons (Fsp3) is 0.182. The summed E-state index contributed by atoms with van der Waals surface area (Å²) in [5.74, 6) is 0.245. The molecular formula is C22H22N4O2. The van der Waals surface area contributed by atoms with Crippen molar-refractivity contribution in [3.05, 3.63) is 83.7 Å². The van der Waals surface area contributed by atoms with Crippen LogP contribution in [0.1, 0.15) is 21.6 Å². The van der Waals surface area contributed by atoms with E-state index in [1.165, 1.54) is 6.20 Å². The monoisotopic (exact) mass is 374 g/mol. The minimum absolute atomic E-state index is 0.0648. The molecule has 0 aliphatic carbocycles. The van der Waals surface area contributed by atoms with E-state index in [-0.39, 0.29) is 11.8 Å². The highest BCUT2D eigenvalue weighted by Crippen LogP contribution is 2.16. The van der Waals surface area contributed by atoms with E-state index in [2.05, 4.69) is 20.6 Å². The Labute approximate surface area is 164 Å². The molecule has 0 aliphatic heterocycles. The summed E-state index contributed by atoms with van der Waals surface area (Å²) in [5.41, 5.74) is 2.85. The Morgan fingerprint density at radius 2 is 1.64 bits per heavy atom. The van der Waals surface area contributed by atoms with Crippen molar-refractivity contribution < 1.29 is 9.59 Å². The predicted molar refractivity (Wildman–Crippen MR) is 108 cm³/mol. The van der Waals surface area contributed by atoms with Crippen molar-refractivity contribution in [2.24, 2.45) is 0 Å². The van der Waals surface area contributed by atoms with Gasteiger partial charge in [-0.1, -0.05) is 60.7 Å². The van der Waals surface area contributed by atoms with Gasteiger partial charge in [0.1, 0.15) is 0 Å². The maximum absolute atomic E-state index is 12.1. The number of hydrogen-bond acceptors (Lipinski definition) is 4. The van der Waals surface area contributed by atoms with Gasteiger partial charge in [0, 0.05) is 31.8 Å². The van der Waals surface area contributed by atoms with Gasteiger partial charge in [-0.25, -0.2) is 9.97 Å². The molecule has 142 valence electrons. The number of amides is 2. The Kier molecular flexibility index (Phi) is 6.46. The van der Waals surface area contributed by atoms with E-state index >= 15 is 0 Å². The molecule has 0 spiro atoms. The van der Waals surface area contributed by atoms with Crippen LogP contribution in [0, 0.1) is 0 Å². The fourth-order valence-electron chi connectivity index (χ4n) is 2.82. The van der Waals surface area contributed by atoms with Crippen LogP contribution in [0.2, 0.25) is 0 Å². The van der Waals surface area contributed by atoms with Crippen LogP contribution in [0.15, 0.2) is 66.9 Å². The van der Waals surface area contributed by atoms with E-state index in [1.54, 1.807) is 7.05 Å². The number of carbonyl (C=O) groups excluding carboxylic acids is 2. The molecule has 2 N–H and O–H groups in total. The summed E-state index contributed by atoms with van der Waals surface area (Å²) in [7, 11) is 1.57. The minimum atomic E-state index is -0.245. The highest BCUT2D eigenvalue weighted by Gasteiger charge is 2.14. The zero-order chi connectivity index (χ0) is 19.8. The van der Waals surface area contributed by atoms with Crippen molar-refractivity contribution in [2.75, 3.05) is 13.6 Å². The Morgan fingerprint density at radius 3 is 2.32 bits per heavy atom. The molecule has 3 rings (SSSR count). The zero-order valence-corrected chi connectivity index (χ0v) is 15.7. The lowest BCUT2D eigenvalue weighted by Gasteiger charge is -2.10. The van der Waals surface area contributed by atoms with E-state index in [4.69, 9.17) is 0 Å². The Bertz CT molecular complexity index is 943. The standard InChI is InChI=1S/C22H22N4O2/c1-23-22(28)18-15-25-21(17-10-6-3-7-11-17)26-19(18)12-13-24-20(27)14-16-8-4-2-5-9-16/h2-11,15H,12-14H2,1H3,(H,23,28)(H,24,27). The number of rotatable bonds is 7. The molecule has 28 heavy (non-hydrogen) atoms. The SMILES string of the molecule is CNC(=O)c1cnc(-c2ccccc2)nc1CCNC(=O)Cc1ccccc1. The van der Waals surface area contributed by atoms with Crippen LogP contribution in [-0.2, 0) is 17.6 Å². The van der Waals surface area contributed by atoms with Crippen LogP contribution >= 0.6 is 0 Å². The molecule has 0 aliphatic rings. The van der Waals surface area contributed by atoms with Crippen molar-refractivity contribution in [1.29, 1.82) is 0 Å². The maximum Gasteiger partial charge on any atom is 0.254 e. The first-order valence-electron chi connectivity index (χ1n) is 9.11. The van der Waals surface area contributed by atoms with Crippen molar-refractivity contribution in [2.45, 2.75) is 12.8 Å². The van der Waals surface area contributed by atoms with E-state index in [9.17, 15) is 9.59 Å². The summed E-state index contributed by atoms with van der Waals surface area (Å²) >= 11 is 0. The van der Waals surface area contributed by atoms with Crippen LogP contribution in [-0.4, -0.2) is 35.4 Å². The van der Waals surface area contributed by atoms with E-state index < -0.39 is 0 Å². The van der Waals surface area contributed by atoms with Crippen molar-refractivity contribution in [3.8, 4) is 11.4 Å². The molecule has 2 amide bonds. The van der Waals surface area contributed by atoms with Gasteiger partial charge in [-0.05, 0) is 5.56 Å². The van der Waals surface area contributed by atoms with Crippen molar-refractivity contribution in [3.63, 3.8) is 0 Å². The summed E-state index contributed by atoms with van der Waals surface area (Å²) in [6.45, 7) is 0.390. The Balaban J connectivity index is 1.70. The summed E-state index contributed by atoms with van der Waals surface area (Å²) in [5, 5.41) is 5.50. The third kappa shape index (κ3) is 5.01. The minimum Gasteiger partial charge on any atom is -0.355 e. The Morgan fingerprint density at radius 1 is 0.964 bits per heavy atom. The lowest BCUT2D eigenvalue weighted by Crippen LogP contribution is -2.28. The quantitative estimate of drug-likeness (QED) is 0.665. The number of carbonyl (C=O) groups is 2. The third-order valence-corrected chi connectivity index (χ3v) is 4.26. The van der Waals surface area contributed by atoms with Gasteiger partial charge in [0.05, 0.1) is 17.7 Å². The molecule has 0 radical (unpaired) electrons. The van der Waals surface area contributed by atoms with Gasteiger partial charge in [-0.3, -0.25) is 9.59 Å². The van der Waals surface area contributed by atoms with Crippen LogP contribution < -0.4 is 10.6 Å². The molecule has 1 heterocycles. The molecule has 0 saturated carbocycles. The van der Waals surface area contributed by atoms with Gasteiger partial charge in [-0.2, -0.15) is 0 Å². The second-order valence-electron chi connectivity index (χ2n) is 6.26. The van der Waals surface area contributed by atoms with Gasteiger partial charge < -0.3 is 10.6 Å². The average molecular weight is 374 g/mol. The fourth-order valence-corrected chi connectivity index (χ4v) is 2.82. The van der Waals surface area contributed by atoms with Gasteiger partial charge in [0.15, 0.2) is 5.82 Å². The maximum atomic E-state index is 12.1. The van der Waals surface area contributed by atoms with Gasteiger partial charge in [-0.15, -0.1) is 0 Å². The molecule has 0 bridgehead atoms. The number of nitrogens with zero attached hydrogens (tertiary/aromatic N) is 2. The molecule has 0 saturated heterocycles. The third-order valence-electron chi connectivity index (χ3n) is 4.26. The van der Waals surface area contributed by atoms with Gasteiger partial charge >= 0.3 is 0 Å². The lowest BCUT2D eigenvalue weighted by molar-refractivity contribution is -0.120. The molecule has 2 aromatic carbocycles. The van der Waals surface area contributed by atoms with Gasteiger partial charge in [0.25, 0.3) is 5.91 Å². The first kappa shape index (κ1) is 19.2. The second kappa shape index (κ2) is 9.41. The molecule has 1 aromatic heterocycles. The van der Waals surface area contributed by atoms with E-state index in [1.807, 2.05) is 60.7 Å². The molecular weight excluding hydrogens is 352 g/mol. The van der Waals surface area contributed by atoms with Crippen molar-refractivity contribution >= 4 is 11.8 Å². The van der Waals surface area contributed by atoms with Crippen LogP contribution in [0.25, 0.3) is 11.4 Å². The highest BCUT2D eigenvalue weighted by molar-refractivity contribution is 5.95. The highest BCUT2D eigenvalue weighted by atomic mass is 16.2. The second-order valence-corrected chi connectivity index (χ2v) is 6.26. The van der Waals surface area contributed by atoms with E-state index in [0.29, 0.717) is 36.5 Å². The summed E-state index contributed by atoms with van der Waals surface area (Å²) in [6.07, 6.45) is 2.29. The number of hydrogen-bond donors (Lipinski definition) is 2. The summed E-state index contributed by atoms with van der Waals surface area (Å²) < 4.78 is 0. The topological polar surface area (TPSA) is 84.0 Å². The smallest absolute Gasteiger partial charge is 0.254 e. The number of aromatic nitrogens is 2. The Hall–Kier alpha value is -3.54. The number of benzene rings is 2. The van der Waals surface area contributed by atoms with Crippen molar-refractivity contribution in [1.82, 2.24) is 20.6 Å². The first-order valence-corrected chi connectivity index (χ1v) is 9.11. The summed E-state index contributed by atoms with van der Waals surface area (Å²) in [6, 6.07) is 19.1. The first-order chi connectivity index (χ1) is 13.7. The average Bonchev–Trinajstić information content (AvgIpc) is 2.74. The van der Waals surface area contributed by atoms with E-state index in [0.717, 1.165) is 11.1 Å².